The van der Waals surface area contributed by atoms with Crippen LogP contribution in [0.5, 0.6) is 0 Å². The Morgan fingerprint density at radius 1 is 1.16 bits per heavy atom. The summed E-state index contributed by atoms with van der Waals surface area (Å²) in [5.41, 5.74) is 1.27. The molecule has 0 unspecified atom stereocenters. The normalized spacial score (nSPS) is 18.6. The molecule has 25 heavy (non-hydrogen) atoms. The molecule has 0 saturated carbocycles. The lowest BCUT2D eigenvalue weighted by Gasteiger charge is -2.25. The lowest BCUT2D eigenvalue weighted by atomic mass is 10.0. The Morgan fingerprint density at radius 2 is 1.76 bits per heavy atom. The first-order valence-electron chi connectivity index (χ1n) is 7.77. The highest BCUT2D eigenvalue weighted by atomic mass is 32.2. The van der Waals surface area contributed by atoms with Crippen LogP contribution in [0.3, 0.4) is 0 Å². The number of carbonyl (C=O) groups excluding carboxylic acids is 1. The molecule has 0 radical (unpaired) electrons. The van der Waals surface area contributed by atoms with Crippen LogP contribution in [0.4, 0.5) is 11.4 Å². The molecule has 2 heterocycles. The minimum atomic E-state index is -3.44. The van der Waals surface area contributed by atoms with E-state index in [0.717, 1.165) is 36.7 Å². The van der Waals surface area contributed by atoms with Gasteiger partial charge >= 0.3 is 0 Å². The van der Waals surface area contributed by atoms with Crippen molar-refractivity contribution in [3.8, 4) is 0 Å². The quantitative estimate of drug-likeness (QED) is 0.603. The summed E-state index contributed by atoms with van der Waals surface area (Å²) in [5.74, 6) is -0.428. The van der Waals surface area contributed by atoms with Crippen LogP contribution in [0.15, 0.2) is 35.3 Å². The number of rotatable bonds is 3. The van der Waals surface area contributed by atoms with Crippen LogP contribution in [0, 0.1) is 17.0 Å². The van der Waals surface area contributed by atoms with Crippen LogP contribution in [0.25, 0.3) is 0 Å². The van der Waals surface area contributed by atoms with Gasteiger partial charge in [0.2, 0.25) is 0 Å². The molecule has 2 aliphatic rings. The fourth-order valence-corrected chi connectivity index (χ4v) is 3.77. The van der Waals surface area contributed by atoms with Gasteiger partial charge in [0.05, 0.1) is 32.6 Å². The molecular formula is C16H17N3O5S. The lowest BCUT2D eigenvalue weighted by Crippen LogP contribution is -2.27. The van der Waals surface area contributed by atoms with E-state index in [1.54, 1.807) is 6.92 Å². The second-order valence-electron chi connectivity index (χ2n) is 5.93. The van der Waals surface area contributed by atoms with Crippen LogP contribution < -0.4 is 4.90 Å². The van der Waals surface area contributed by atoms with Gasteiger partial charge in [-0.1, -0.05) is 0 Å². The number of nitro benzene ring substituents is 1. The summed E-state index contributed by atoms with van der Waals surface area (Å²) < 4.78 is 22.8. The van der Waals surface area contributed by atoms with E-state index in [9.17, 15) is 23.3 Å². The highest BCUT2D eigenvalue weighted by Gasteiger charge is 2.28. The highest BCUT2D eigenvalue weighted by molar-refractivity contribution is 7.97. The minimum Gasteiger partial charge on any atom is -0.370 e. The van der Waals surface area contributed by atoms with Crippen molar-refractivity contribution in [3.05, 3.63) is 56.6 Å². The maximum Gasteiger partial charge on any atom is 0.274 e. The van der Waals surface area contributed by atoms with Crippen molar-refractivity contribution in [2.75, 3.05) is 18.0 Å². The van der Waals surface area contributed by atoms with Gasteiger partial charge in [0.15, 0.2) is 9.84 Å². The number of benzene rings is 1. The molecule has 9 heteroatoms. The zero-order valence-electron chi connectivity index (χ0n) is 13.6. The molecule has 1 fully saturated rings. The van der Waals surface area contributed by atoms with Gasteiger partial charge in [0, 0.05) is 31.6 Å². The number of hydrogen-bond acceptors (Lipinski definition) is 6. The lowest BCUT2D eigenvalue weighted by molar-refractivity contribution is -0.385. The van der Waals surface area contributed by atoms with E-state index in [1.165, 1.54) is 29.4 Å². The number of sulfone groups is 1. The fourth-order valence-electron chi connectivity index (χ4n) is 3.08. The Kier molecular flexibility index (Phi) is 4.34. The monoisotopic (exact) mass is 363 g/mol. The third kappa shape index (κ3) is 3.27. The van der Waals surface area contributed by atoms with Gasteiger partial charge in [0.25, 0.3) is 11.6 Å². The molecule has 8 nitrogen and oxygen atoms in total. The van der Waals surface area contributed by atoms with Crippen molar-refractivity contribution < 1.29 is 18.1 Å². The fraction of sp³-hybridized carbons (Fsp3) is 0.312. The van der Waals surface area contributed by atoms with Gasteiger partial charge in [-0.15, -0.1) is 0 Å². The second-order valence-corrected chi connectivity index (χ2v) is 7.65. The number of amides is 1. The van der Waals surface area contributed by atoms with Gasteiger partial charge < -0.3 is 4.90 Å². The van der Waals surface area contributed by atoms with E-state index in [-0.39, 0.29) is 5.69 Å². The maximum atomic E-state index is 12.9. The molecule has 1 aromatic carbocycles. The maximum absolute atomic E-state index is 12.9. The summed E-state index contributed by atoms with van der Waals surface area (Å²) in [4.78, 5) is 26.8. The van der Waals surface area contributed by atoms with E-state index < -0.39 is 20.7 Å². The van der Waals surface area contributed by atoms with E-state index >= 15 is 0 Å². The molecule has 0 atom stereocenters. The van der Waals surface area contributed by atoms with Gasteiger partial charge in [-0.25, -0.2) is 8.42 Å². The van der Waals surface area contributed by atoms with Crippen molar-refractivity contribution in [1.82, 2.24) is 4.90 Å². The van der Waals surface area contributed by atoms with Gasteiger partial charge in [-0.05, 0) is 25.8 Å². The van der Waals surface area contributed by atoms with Gasteiger partial charge in [-0.3, -0.25) is 19.8 Å². The predicted molar refractivity (Wildman–Crippen MR) is 92.6 cm³/mol. The van der Waals surface area contributed by atoms with Crippen LogP contribution in [-0.2, 0) is 9.84 Å². The number of nitro groups is 1. The molecule has 0 bridgehead atoms. The summed E-state index contributed by atoms with van der Waals surface area (Å²) in [7, 11) is -3.44. The van der Waals surface area contributed by atoms with Gasteiger partial charge in [0.1, 0.15) is 0 Å². The van der Waals surface area contributed by atoms with Crippen molar-refractivity contribution in [3.63, 3.8) is 0 Å². The summed E-state index contributed by atoms with van der Waals surface area (Å²) in [6, 6.07) is 2.75. The highest BCUT2D eigenvalue weighted by Crippen LogP contribution is 2.35. The second kappa shape index (κ2) is 6.32. The van der Waals surface area contributed by atoms with Crippen molar-refractivity contribution >= 4 is 27.1 Å². The SMILES string of the molecule is Cc1c([N+](=O)[O-])ccc(C(=O)N2C=CS(=O)(=O)C=C2)c1N1CCCC1. The largest absolute Gasteiger partial charge is 0.370 e. The van der Waals surface area contributed by atoms with Gasteiger partial charge in [-0.2, -0.15) is 0 Å². The predicted octanol–water partition coefficient (Wildman–Crippen LogP) is 2.32. The van der Waals surface area contributed by atoms with Crippen LogP contribution >= 0.6 is 0 Å². The Hall–Kier alpha value is -2.68. The average Bonchev–Trinajstić information content (AvgIpc) is 3.07. The molecule has 1 aromatic rings. The van der Waals surface area contributed by atoms with Crippen LogP contribution in [0.1, 0.15) is 28.8 Å². The first-order chi connectivity index (χ1) is 11.8. The molecule has 3 rings (SSSR count). The van der Waals surface area contributed by atoms with Crippen molar-refractivity contribution in [1.29, 1.82) is 0 Å². The first kappa shape index (κ1) is 17.2. The van der Waals surface area contributed by atoms with E-state index in [1.807, 2.05) is 4.90 Å². The summed E-state index contributed by atoms with van der Waals surface area (Å²) in [6.45, 7) is 3.08. The minimum absolute atomic E-state index is 0.0363. The average molecular weight is 363 g/mol. The zero-order valence-corrected chi connectivity index (χ0v) is 14.4. The number of carbonyl (C=O) groups is 1. The van der Waals surface area contributed by atoms with E-state index in [0.29, 0.717) is 16.8 Å². The third-order valence-corrected chi connectivity index (χ3v) is 5.31. The molecule has 0 aliphatic carbocycles. The molecule has 1 amide bonds. The smallest absolute Gasteiger partial charge is 0.274 e. The Balaban J connectivity index is 2.06. The van der Waals surface area contributed by atoms with Crippen LogP contribution in [0.2, 0.25) is 0 Å². The molecular weight excluding hydrogens is 346 g/mol. The van der Waals surface area contributed by atoms with Crippen LogP contribution in [-0.4, -0.2) is 37.2 Å². The molecule has 1 saturated heterocycles. The van der Waals surface area contributed by atoms with Crippen molar-refractivity contribution in [2.45, 2.75) is 19.8 Å². The molecule has 0 N–H and O–H groups in total. The van der Waals surface area contributed by atoms with Crippen molar-refractivity contribution in [2.24, 2.45) is 0 Å². The molecule has 0 spiro atoms. The van der Waals surface area contributed by atoms with E-state index in [2.05, 4.69) is 0 Å². The Morgan fingerprint density at radius 3 is 2.32 bits per heavy atom. The number of hydrogen-bond donors (Lipinski definition) is 0. The molecule has 2 aliphatic heterocycles. The topological polar surface area (TPSA) is 101 Å². The molecule has 132 valence electrons. The number of anilines is 1. The zero-order chi connectivity index (χ0) is 18.2. The first-order valence-corrected chi connectivity index (χ1v) is 9.38. The van der Waals surface area contributed by atoms with E-state index in [4.69, 9.17) is 0 Å². The molecule has 0 aromatic heterocycles. The third-order valence-electron chi connectivity index (χ3n) is 4.31. The summed E-state index contributed by atoms with van der Waals surface area (Å²) >= 11 is 0. The summed E-state index contributed by atoms with van der Waals surface area (Å²) in [6.07, 6.45) is 4.28. The Bertz CT molecular complexity index is 879. The standard InChI is InChI=1S/C16H17N3O5S/c1-12-14(19(21)22)5-4-13(15(12)17-6-2-3-7-17)16(20)18-8-10-25(23,24)11-9-18/h4-5,8-11H,2-3,6-7H2,1H3. The Labute approximate surface area is 145 Å². The number of nitrogens with zero attached hydrogens (tertiary/aromatic N) is 3. The summed E-state index contributed by atoms with van der Waals surface area (Å²) in [5, 5.41) is 13.1.